The summed E-state index contributed by atoms with van der Waals surface area (Å²) in [7, 11) is -1.30. The van der Waals surface area contributed by atoms with E-state index >= 15 is 0 Å². The van der Waals surface area contributed by atoms with Crippen molar-refractivity contribution >= 4 is 25.0 Å². The highest BCUT2D eigenvalue weighted by molar-refractivity contribution is 9.10. The van der Waals surface area contributed by atoms with Gasteiger partial charge in [-0.2, -0.15) is 0 Å². The summed E-state index contributed by atoms with van der Waals surface area (Å²) in [6.45, 7) is 0. The van der Waals surface area contributed by atoms with Crippen molar-refractivity contribution in [3.8, 4) is 11.5 Å². The van der Waals surface area contributed by atoms with Crippen molar-refractivity contribution in [2.45, 2.75) is 0 Å². The molecule has 0 heterocycles. The molecule has 0 atom stereocenters. The van der Waals surface area contributed by atoms with Crippen LogP contribution in [0.15, 0.2) is 22.7 Å². The molecule has 0 aromatic heterocycles. The predicted octanol–water partition coefficient (Wildman–Crippen LogP) is 0.560. The third kappa shape index (κ3) is 6.05. The van der Waals surface area contributed by atoms with Crippen LogP contribution in [0.25, 0.3) is 0 Å². The zero-order valence-corrected chi connectivity index (χ0v) is 11.3. The average molecular weight is 313 g/mol. The van der Waals surface area contributed by atoms with E-state index < -0.39 is 9.05 Å². The van der Waals surface area contributed by atoms with Crippen LogP contribution in [-0.4, -0.2) is 43.1 Å². The molecule has 16 heavy (non-hydrogen) atoms. The monoisotopic (exact) mass is 312 g/mol. The molecule has 0 saturated carbocycles. The summed E-state index contributed by atoms with van der Waals surface area (Å²) in [6, 6.07) is 4.26. The second kappa shape index (κ2) is 6.84. The SMILES string of the molecule is CO[Si](O)(O)OC.Oc1ccc(O)c(Br)c1. The van der Waals surface area contributed by atoms with E-state index in [-0.39, 0.29) is 11.5 Å². The maximum atomic E-state index is 8.89. The minimum absolute atomic E-state index is 0.132. The molecule has 0 amide bonds. The molecule has 0 radical (unpaired) electrons. The normalized spacial score (nSPS) is 10.6. The molecular weight excluding hydrogens is 300 g/mol. The maximum Gasteiger partial charge on any atom is 0.673 e. The summed E-state index contributed by atoms with van der Waals surface area (Å²) >= 11 is 3.04. The number of hydrogen-bond donors (Lipinski definition) is 4. The van der Waals surface area contributed by atoms with E-state index in [2.05, 4.69) is 24.8 Å². The fraction of sp³-hybridized carbons (Fsp3) is 0.250. The van der Waals surface area contributed by atoms with Crippen molar-refractivity contribution in [1.82, 2.24) is 0 Å². The maximum absolute atomic E-state index is 8.89. The molecule has 1 rings (SSSR count). The first-order valence-corrected chi connectivity index (χ1v) is 6.55. The Balaban J connectivity index is 0.000000293. The van der Waals surface area contributed by atoms with Gasteiger partial charge in [-0.15, -0.1) is 0 Å². The second-order valence-corrected chi connectivity index (χ2v) is 5.36. The van der Waals surface area contributed by atoms with Crippen molar-refractivity contribution in [2.75, 3.05) is 14.2 Å². The molecule has 92 valence electrons. The average Bonchev–Trinajstić information content (AvgIpc) is 2.25. The smallest absolute Gasteiger partial charge is 0.508 e. The zero-order valence-electron chi connectivity index (χ0n) is 8.72. The topological polar surface area (TPSA) is 99.4 Å². The molecule has 1 aromatic rings. The summed E-state index contributed by atoms with van der Waals surface area (Å²) in [6.07, 6.45) is 0. The van der Waals surface area contributed by atoms with Gasteiger partial charge in [-0.1, -0.05) is 0 Å². The minimum Gasteiger partial charge on any atom is -0.508 e. The lowest BCUT2D eigenvalue weighted by Gasteiger charge is -2.08. The van der Waals surface area contributed by atoms with Crippen molar-refractivity contribution in [2.24, 2.45) is 0 Å². The van der Waals surface area contributed by atoms with Crippen LogP contribution in [0.5, 0.6) is 11.5 Å². The van der Waals surface area contributed by atoms with E-state index in [0.717, 1.165) is 0 Å². The largest absolute Gasteiger partial charge is 0.673 e. The number of aromatic hydroxyl groups is 2. The highest BCUT2D eigenvalue weighted by atomic mass is 79.9. The van der Waals surface area contributed by atoms with Crippen LogP contribution in [-0.2, 0) is 8.85 Å². The number of hydrogen-bond acceptors (Lipinski definition) is 6. The summed E-state index contributed by atoms with van der Waals surface area (Å²) < 4.78 is 8.73. The van der Waals surface area contributed by atoms with Gasteiger partial charge in [-0.05, 0) is 34.1 Å². The molecule has 1 aromatic carbocycles. The van der Waals surface area contributed by atoms with E-state index in [0.29, 0.717) is 4.47 Å². The van der Waals surface area contributed by atoms with Gasteiger partial charge in [-0.25, -0.2) is 0 Å². The van der Waals surface area contributed by atoms with Gasteiger partial charge in [0.1, 0.15) is 11.5 Å². The minimum atomic E-state index is -3.65. The Bertz CT molecular complexity index is 326. The third-order valence-corrected chi connectivity index (χ3v) is 3.16. The van der Waals surface area contributed by atoms with E-state index in [1.807, 2.05) is 0 Å². The Morgan fingerprint density at radius 2 is 1.62 bits per heavy atom. The van der Waals surface area contributed by atoms with Crippen molar-refractivity contribution in [3.63, 3.8) is 0 Å². The van der Waals surface area contributed by atoms with Gasteiger partial charge >= 0.3 is 9.05 Å². The van der Waals surface area contributed by atoms with Gasteiger partial charge in [0.05, 0.1) is 4.47 Å². The summed E-state index contributed by atoms with van der Waals surface area (Å²) in [5, 5.41) is 17.7. The molecule has 0 unspecified atom stereocenters. The molecule has 0 bridgehead atoms. The van der Waals surface area contributed by atoms with E-state index in [1.54, 1.807) is 0 Å². The number of phenolic OH excluding ortho intramolecular Hbond substituents is 2. The molecule has 0 aliphatic heterocycles. The fourth-order valence-corrected chi connectivity index (χ4v) is 1.11. The van der Waals surface area contributed by atoms with Crippen molar-refractivity contribution < 1.29 is 28.7 Å². The number of halogens is 1. The lowest BCUT2D eigenvalue weighted by Crippen LogP contribution is -2.40. The molecule has 4 N–H and O–H groups in total. The molecule has 0 aliphatic carbocycles. The second-order valence-electron chi connectivity index (χ2n) is 2.59. The van der Waals surface area contributed by atoms with E-state index in [1.165, 1.54) is 32.4 Å². The summed E-state index contributed by atoms with van der Waals surface area (Å²) in [4.78, 5) is 16.8. The van der Waals surface area contributed by atoms with Crippen LogP contribution >= 0.6 is 15.9 Å². The van der Waals surface area contributed by atoms with Crippen molar-refractivity contribution in [1.29, 1.82) is 0 Å². The highest BCUT2D eigenvalue weighted by Gasteiger charge is 2.32. The Morgan fingerprint density at radius 1 is 1.12 bits per heavy atom. The first-order chi connectivity index (χ1) is 7.32. The fourth-order valence-electron chi connectivity index (χ4n) is 0.579. The number of benzene rings is 1. The Morgan fingerprint density at radius 3 is 1.88 bits per heavy atom. The van der Waals surface area contributed by atoms with Crippen LogP contribution in [0.2, 0.25) is 0 Å². The van der Waals surface area contributed by atoms with E-state index in [4.69, 9.17) is 19.8 Å². The summed E-state index contributed by atoms with van der Waals surface area (Å²) in [5.74, 6) is 0.271. The highest BCUT2D eigenvalue weighted by Crippen LogP contribution is 2.26. The van der Waals surface area contributed by atoms with E-state index in [9.17, 15) is 0 Å². The Hall–Kier alpha value is -0.643. The predicted molar refractivity (Wildman–Crippen MR) is 61.7 cm³/mol. The molecule has 0 aliphatic rings. The number of phenols is 2. The number of rotatable bonds is 2. The summed E-state index contributed by atoms with van der Waals surface area (Å²) in [5.41, 5.74) is 0. The Kier molecular flexibility index (Phi) is 6.56. The third-order valence-electron chi connectivity index (χ3n) is 1.46. The van der Waals surface area contributed by atoms with Crippen LogP contribution in [0.3, 0.4) is 0 Å². The zero-order chi connectivity index (χ0) is 12.8. The first-order valence-electron chi connectivity index (χ1n) is 4.05. The van der Waals surface area contributed by atoms with Gasteiger partial charge in [0, 0.05) is 14.2 Å². The Labute approximate surface area is 102 Å². The van der Waals surface area contributed by atoms with Crippen LogP contribution < -0.4 is 0 Å². The van der Waals surface area contributed by atoms with Gasteiger partial charge < -0.3 is 28.7 Å². The standard InChI is InChI=1S/C6H5BrO2.C2H8O4Si/c7-5-3-4(8)1-2-6(5)9;1-5-7(3,4)6-2/h1-3,8-9H;3-4H,1-2H3. The molecule has 6 nitrogen and oxygen atoms in total. The molecule has 0 fully saturated rings. The van der Waals surface area contributed by atoms with Gasteiger partial charge in [0.25, 0.3) is 0 Å². The van der Waals surface area contributed by atoms with Crippen LogP contribution in [0.1, 0.15) is 0 Å². The van der Waals surface area contributed by atoms with Crippen molar-refractivity contribution in [3.05, 3.63) is 22.7 Å². The van der Waals surface area contributed by atoms with Gasteiger partial charge in [-0.3, -0.25) is 0 Å². The van der Waals surface area contributed by atoms with Gasteiger partial charge in [0.15, 0.2) is 0 Å². The van der Waals surface area contributed by atoms with Crippen LogP contribution in [0.4, 0.5) is 0 Å². The van der Waals surface area contributed by atoms with Gasteiger partial charge in [0.2, 0.25) is 0 Å². The molecular formula is C8H13BrO6Si. The van der Waals surface area contributed by atoms with Crippen LogP contribution in [0, 0.1) is 0 Å². The lowest BCUT2D eigenvalue weighted by atomic mass is 10.3. The molecule has 0 saturated heterocycles. The quantitative estimate of drug-likeness (QED) is 0.470. The lowest BCUT2D eigenvalue weighted by molar-refractivity contribution is 0.0634. The first kappa shape index (κ1) is 15.4. The molecule has 0 spiro atoms. The molecule has 8 heteroatoms.